The number of hydrogen-bond acceptors (Lipinski definition) is 6. The van der Waals surface area contributed by atoms with E-state index >= 15 is 0 Å². The number of rotatable bonds is 6. The molecule has 0 atom stereocenters. The minimum absolute atomic E-state index is 0.103. The van der Waals surface area contributed by atoms with Crippen molar-refractivity contribution in [2.24, 2.45) is 5.92 Å². The van der Waals surface area contributed by atoms with Gasteiger partial charge in [-0.3, -0.25) is 0 Å². The number of methoxy groups -OCH3 is 1. The van der Waals surface area contributed by atoms with Crippen molar-refractivity contribution in [1.82, 2.24) is 10.2 Å². The van der Waals surface area contributed by atoms with E-state index in [4.69, 9.17) is 22.9 Å². The van der Waals surface area contributed by atoms with Crippen LogP contribution in [0.1, 0.15) is 18.4 Å². The van der Waals surface area contributed by atoms with Gasteiger partial charge >= 0.3 is 0 Å². The first kappa shape index (κ1) is 21.7. The number of fused-ring (bicyclic) bond motifs is 1. The standard InChI is InChI=1S/C24H23ClN6O/c1-27-18-4-5-19-20(14-18)23(28-10-7-16-3-6-22(32-2)21(25)13-16)29-30-24(19)31-11-8-17(15-26)9-12-31/h3-6,13-14,17H,7-12H2,2H3,(H,28,29). The molecule has 7 nitrogen and oxygen atoms in total. The molecule has 1 aliphatic heterocycles. The Kier molecular flexibility index (Phi) is 6.58. The van der Waals surface area contributed by atoms with E-state index in [0.29, 0.717) is 28.8 Å². The van der Waals surface area contributed by atoms with E-state index in [-0.39, 0.29) is 5.92 Å². The third-order valence-corrected chi connectivity index (χ3v) is 6.07. The summed E-state index contributed by atoms with van der Waals surface area (Å²) in [5, 5.41) is 23.9. The summed E-state index contributed by atoms with van der Waals surface area (Å²) in [5.41, 5.74) is 1.64. The first-order valence-electron chi connectivity index (χ1n) is 10.5. The summed E-state index contributed by atoms with van der Waals surface area (Å²) in [4.78, 5) is 5.76. The van der Waals surface area contributed by atoms with Crippen molar-refractivity contribution in [3.63, 3.8) is 0 Å². The fourth-order valence-electron chi connectivity index (χ4n) is 3.97. The number of halogens is 1. The second kappa shape index (κ2) is 9.72. The molecule has 2 aromatic carbocycles. The minimum Gasteiger partial charge on any atom is -0.495 e. The summed E-state index contributed by atoms with van der Waals surface area (Å²) in [7, 11) is 1.60. The summed E-state index contributed by atoms with van der Waals surface area (Å²) in [6, 6.07) is 13.7. The number of nitrogens with one attached hydrogen (secondary N) is 1. The quantitative estimate of drug-likeness (QED) is 0.522. The van der Waals surface area contributed by atoms with Gasteiger partial charge in [0.1, 0.15) is 5.75 Å². The molecule has 162 valence electrons. The van der Waals surface area contributed by atoms with Gasteiger partial charge in [0.25, 0.3) is 0 Å². The van der Waals surface area contributed by atoms with Gasteiger partial charge in [0.2, 0.25) is 0 Å². The van der Waals surface area contributed by atoms with Gasteiger partial charge in [-0.15, -0.1) is 10.2 Å². The van der Waals surface area contributed by atoms with E-state index in [1.165, 1.54) is 0 Å². The molecular formula is C24H23ClN6O. The number of anilines is 2. The van der Waals surface area contributed by atoms with Gasteiger partial charge in [-0.1, -0.05) is 29.8 Å². The molecule has 8 heteroatoms. The number of nitriles is 1. The lowest BCUT2D eigenvalue weighted by atomic mass is 9.98. The Morgan fingerprint density at radius 2 is 2.03 bits per heavy atom. The Hall–Kier alpha value is -3.55. The van der Waals surface area contributed by atoms with Crippen molar-refractivity contribution < 1.29 is 4.74 Å². The normalized spacial score (nSPS) is 14.1. The molecule has 1 saturated heterocycles. The Bertz CT molecular complexity index is 1210. The van der Waals surface area contributed by atoms with Gasteiger partial charge in [0, 0.05) is 36.3 Å². The zero-order chi connectivity index (χ0) is 22.5. The third kappa shape index (κ3) is 4.54. The average Bonchev–Trinajstić information content (AvgIpc) is 2.84. The van der Waals surface area contributed by atoms with Crippen molar-refractivity contribution >= 4 is 39.7 Å². The summed E-state index contributed by atoms with van der Waals surface area (Å²) >= 11 is 6.23. The number of benzene rings is 2. The molecule has 0 unspecified atom stereocenters. The molecule has 0 saturated carbocycles. The number of aromatic nitrogens is 2. The van der Waals surface area contributed by atoms with Crippen LogP contribution in [0, 0.1) is 23.8 Å². The summed E-state index contributed by atoms with van der Waals surface area (Å²) in [6.07, 6.45) is 2.40. The van der Waals surface area contributed by atoms with Crippen LogP contribution in [0.15, 0.2) is 36.4 Å². The lowest BCUT2D eigenvalue weighted by Gasteiger charge is -2.30. The predicted molar refractivity (Wildman–Crippen MR) is 127 cm³/mol. The Labute approximate surface area is 192 Å². The summed E-state index contributed by atoms with van der Waals surface area (Å²) in [6.45, 7) is 9.58. The van der Waals surface area contributed by atoms with Gasteiger partial charge in [0.15, 0.2) is 17.3 Å². The largest absolute Gasteiger partial charge is 0.495 e. The van der Waals surface area contributed by atoms with Gasteiger partial charge in [-0.05, 0) is 43.0 Å². The topological polar surface area (TPSA) is 78.4 Å². The molecule has 4 rings (SSSR count). The van der Waals surface area contributed by atoms with Gasteiger partial charge in [0.05, 0.1) is 24.8 Å². The highest BCUT2D eigenvalue weighted by molar-refractivity contribution is 6.32. The van der Waals surface area contributed by atoms with Gasteiger partial charge in [-0.25, -0.2) is 4.85 Å². The van der Waals surface area contributed by atoms with Crippen LogP contribution in [0.4, 0.5) is 17.3 Å². The van der Waals surface area contributed by atoms with E-state index in [1.54, 1.807) is 7.11 Å². The molecule has 0 spiro atoms. The van der Waals surface area contributed by atoms with Crippen LogP contribution in [0.3, 0.4) is 0 Å². The van der Waals surface area contributed by atoms with Gasteiger partial charge < -0.3 is 15.0 Å². The monoisotopic (exact) mass is 446 g/mol. The van der Waals surface area contributed by atoms with Crippen molar-refractivity contribution in [2.75, 3.05) is 37.0 Å². The lowest BCUT2D eigenvalue weighted by Crippen LogP contribution is -2.34. The second-order valence-corrected chi connectivity index (χ2v) is 8.16. The van der Waals surface area contributed by atoms with Crippen LogP contribution in [0.25, 0.3) is 15.6 Å². The zero-order valence-corrected chi connectivity index (χ0v) is 18.6. The highest BCUT2D eigenvalue weighted by Crippen LogP contribution is 2.33. The Morgan fingerprint density at radius 1 is 1.22 bits per heavy atom. The maximum atomic E-state index is 9.17. The average molecular weight is 447 g/mol. The fourth-order valence-corrected chi connectivity index (χ4v) is 4.25. The molecule has 0 aliphatic carbocycles. The number of ether oxygens (including phenoxy) is 1. The van der Waals surface area contributed by atoms with Crippen LogP contribution >= 0.6 is 11.6 Å². The molecule has 1 N–H and O–H groups in total. The molecule has 0 radical (unpaired) electrons. The fraction of sp³-hybridized carbons (Fsp3) is 0.333. The van der Waals surface area contributed by atoms with E-state index < -0.39 is 0 Å². The predicted octanol–water partition coefficient (Wildman–Crippen LogP) is 5.24. The van der Waals surface area contributed by atoms with Crippen LogP contribution < -0.4 is 15.0 Å². The Morgan fingerprint density at radius 3 is 2.72 bits per heavy atom. The maximum absolute atomic E-state index is 9.17. The van der Waals surface area contributed by atoms with E-state index in [0.717, 1.165) is 54.5 Å². The van der Waals surface area contributed by atoms with Crippen LogP contribution in [-0.4, -0.2) is 36.9 Å². The highest BCUT2D eigenvalue weighted by atomic mass is 35.5. The first-order valence-corrected chi connectivity index (χ1v) is 10.9. The summed E-state index contributed by atoms with van der Waals surface area (Å²) in [5.74, 6) is 2.22. The second-order valence-electron chi connectivity index (χ2n) is 7.75. The maximum Gasteiger partial charge on any atom is 0.188 e. The van der Waals surface area contributed by atoms with Crippen molar-refractivity contribution in [3.8, 4) is 11.8 Å². The zero-order valence-electron chi connectivity index (χ0n) is 17.8. The molecular weight excluding hydrogens is 424 g/mol. The molecule has 3 aromatic rings. The van der Waals surface area contributed by atoms with Crippen molar-refractivity contribution in [3.05, 3.63) is 58.4 Å². The SMILES string of the molecule is [C-]#[N+]c1ccc2c(N3CCC(C#N)CC3)nnc(NCCc3ccc(OC)c(Cl)c3)c2c1. The van der Waals surface area contributed by atoms with Crippen LogP contribution in [0.5, 0.6) is 5.75 Å². The smallest absolute Gasteiger partial charge is 0.188 e. The Balaban J connectivity index is 1.56. The third-order valence-electron chi connectivity index (χ3n) is 5.77. The first-order chi connectivity index (χ1) is 15.6. The summed E-state index contributed by atoms with van der Waals surface area (Å²) < 4.78 is 5.21. The van der Waals surface area contributed by atoms with E-state index in [2.05, 4.69) is 31.3 Å². The minimum atomic E-state index is 0.103. The molecule has 0 amide bonds. The number of nitrogens with zero attached hydrogens (tertiary/aromatic N) is 5. The molecule has 1 aromatic heterocycles. The van der Waals surface area contributed by atoms with Crippen LogP contribution in [0.2, 0.25) is 5.02 Å². The number of piperidine rings is 1. The highest BCUT2D eigenvalue weighted by Gasteiger charge is 2.22. The van der Waals surface area contributed by atoms with Gasteiger partial charge in [-0.2, -0.15) is 5.26 Å². The lowest BCUT2D eigenvalue weighted by molar-refractivity contribution is 0.415. The number of hydrogen-bond donors (Lipinski definition) is 1. The molecule has 1 aliphatic rings. The van der Waals surface area contributed by atoms with E-state index in [9.17, 15) is 5.26 Å². The van der Waals surface area contributed by atoms with E-state index in [1.807, 2.05) is 36.4 Å². The van der Waals surface area contributed by atoms with Crippen molar-refractivity contribution in [2.45, 2.75) is 19.3 Å². The van der Waals surface area contributed by atoms with Crippen molar-refractivity contribution in [1.29, 1.82) is 5.26 Å². The van der Waals surface area contributed by atoms with Crippen LogP contribution in [-0.2, 0) is 6.42 Å². The molecule has 2 heterocycles. The molecule has 0 bridgehead atoms. The molecule has 1 fully saturated rings. The molecule has 32 heavy (non-hydrogen) atoms.